The first-order valence-corrected chi connectivity index (χ1v) is 27.4. The Labute approximate surface area is 384 Å². The van der Waals surface area contributed by atoms with Crippen LogP contribution in [0.25, 0.3) is 0 Å². The molecule has 13 heteroatoms. The predicted octanol–water partition coefficient (Wildman–Crippen LogP) is 11.4. The van der Waals surface area contributed by atoms with Crippen molar-refractivity contribution in [3.05, 3.63) is 12.2 Å². The van der Waals surface area contributed by atoms with Crippen LogP contribution in [0, 0.1) is 0 Å². The van der Waals surface area contributed by atoms with Gasteiger partial charge in [0.2, 0.25) is 0 Å². The molecule has 12 nitrogen and oxygen atoms in total. The second kappa shape index (κ2) is 40.6. The molecule has 372 valence electrons. The molecule has 1 fully saturated rings. The first kappa shape index (κ1) is 59.4. The van der Waals surface area contributed by atoms with Crippen molar-refractivity contribution in [2.45, 2.75) is 275 Å². The van der Waals surface area contributed by atoms with Gasteiger partial charge in [-0.3, -0.25) is 14.1 Å². The van der Waals surface area contributed by atoms with Crippen LogP contribution in [-0.2, 0) is 38.7 Å². The normalized spacial score (nSPS) is 19.7. The van der Waals surface area contributed by atoms with Gasteiger partial charge >= 0.3 is 11.9 Å². The Morgan fingerprint density at radius 3 is 1.32 bits per heavy atom. The van der Waals surface area contributed by atoms with Gasteiger partial charge in [0.05, 0.1) is 6.61 Å². The summed E-state index contributed by atoms with van der Waals surface area (Å²) in [6.45, 7) is 3.80. The van der Waals surface area contributed by atoms with E-state index in [0.717, 1.165) is 38.5 Å². The van der Waals surface area contributed by atoms with Gasteiger partial charge in [-0.2, -0.15) is 8.42 Å². The number of aliphatic hydroxyl groups excluding tert-OH is 3. The van der Waals surface area contributed by atoms with Gasteiger partial charge in [-0.15, -0.1) is 0 Å². The molecule has 1 heterocycles. The molecule has 0 saturated carbocycles. The van der Waals surface area contributed by atoms with Crippen molar-refractivity contribution in [1.82, 2.24) is 0 Å². The zero-order valence-corrected chi connectivity index (χ0v) is 40.8. The second-order valence-electron chi connectivity index (χ2n) is 18.2. The fourth-order valence-electron chi connectivity index (χ4n) is 8.09. The SMILES string of the molecule is CCCCCCCC/C=C/CCCCCCCCCCCC(=O)O[C@H](COC(=O)CCCCCCCCCCCCCCCCCC)CO[C@H]1O[C@H](CS(=O)(=O)O)[C@@H](O)C(O)C1O. The quantitative estimate of drug-likeness (QED) is 0.0196. The Kier molecular flexibility index (Phi) is 38.3. The van der Waals surface area contributed by atoms with Crippen molar-refractivity contribution in [2.24, 2.45) is 0 Å². The van der Waals surface area contributed by atoms with E-state index in [4.69, 9.17) is 18.9 Å². The molecule has 0 amide bonds. The van der Waals surface area contributed by atoms with Gasteiger partial charge in [-0.05, 0) is 38.5 Å². The molecule has 1 aliphatic rings. The maximum Gasteiger partial charge on any atom is 0.306 e. The molecule has 1 saturated heterocycles. The monoisotopic (exact) mass is 919 g/mol. The van der Waals surface area contributed by atoms with Crippen molar-refractivity contribution >= 4 is 22.1 Å². The molecule has 0 radical (unpaired) electrons. The fourth-order valence-corrected chi connectivity index (χ4v) is 8.78. The van der Waals surface area contributed by atoms with Gasteiger partial charge in [-0.1, -0.05) is 199 Å². The highest BCUT2D eigenvalue weighted by Gasteiger charge is 2.46. The summed E-state index contributed by atoms with van der Waals surface area (Å²) < 4.78 is 54.2. The Morgan fingerprint density at radius 1 is 0.524 bits per heavy atom. The summed E-state index contributed by atoms with van der Waals surface area (Å²) in [5.74, 6) is -1.97. The molecule has 6 atom stereocenters. The smallest absolute Gasteiger partial charge is 0.306 e. The highest BCUT2D eigenvalue weighted by Crippen LogP contribution is 2.24. The third-order valence-electron chi connectivity index (χ3n) is 12.1. The average Bonchev–Trinajstić information content (AvgIpc) is 3.25. The van der Waals surface area contributed by atoms with Crippen molar-refractivity contribution < 1.29 is 56.8 Å². The number of hydrogen-bond acceptors (Lipinski definition) is 11. The van der Waals surface area contributed by atoms with Crippen LogP contribution in [0.4, 0.5) is 0 Å². The number of rotatable bonds is 44. The van der Waals surface area contributed by atoms with Crippen LogP contribution in [0.5, 0.6) is 0 Å². The van der Waals surface area contributed by atoms with Crippen LogP contribution >= 0.6 is 0 Å². The Bertz CT molecular complexity index is 1210. The van der Waals surface area contributed by atoms with Crippen LogP contribution < -0.4 is 0 Å². The van der Waals surface area contributed by atoms with Gasteiger partial charge in [0.15, 0.2) is 12.4 Å². The Balaban J connectivity index is 2.37. The maximum absolute atomic E-state index is 12.9. The van der Waals surface area contributed by atoms with Crippen LogP contribution in [0.3, 0.4) is 0 Å². The molecule has 2 unspecified atom stereocenters. The highest BCUT2D eigenvalue weighted by molar-refractivity contribution is 7.85. The maximum atomic E-state index is 12.9. The standard InChI is InChI=1S/C50H94O12S/c1-3-5-7-9-11-13-15-17-19-21-22-23-25-27-29-31-33-35-37-39-46(52)61-43(41-60-50-49(55)48(54)47(53)44(62-50)42-63(56,57)58)40-59-45(51)38-36-34-32-30-28-26-24-20-18-16-14-12-10-8-6-4-2/h17,19,43-44,47-50,53-55H,3-16,18,20-42H2,1-2H3,(H,56,57,58)/b19-17+/t43-,44-,47-,48?,49?,50+/m1/s1. The first-order chi connectivity index (χ1) is 30.5. The number of hydrogen-bond donors (Lipinski definition) is 4. The molecule has 4 N–H and O–H groups in total. The van der Waals surface area contributed by atoms with Gasteiger partial charge in [0.1, 0.15) is 36.8 Å². The number of allylic oxidation sites excluding steroid dienone is 2. The van der Waals surface area contributed by atoms with Crippen molar-refractivity contribution in [3.8, 4) is 0 Å². The third kappa shape index (κ3) is 35.3. The zero-order valence-electron chi connectivity index (χ0n) is 40.0. The van der Waals surface area contributed by atoms with E-state index >= 15 is 0 Å². The van der Waals surface area contributed by atoms with Crippen LogP contribution in [-0.4, -0.2) is 96.0 Å². The van der Waals surface area contributed by atoms with Gasteiger partial charge in [-0.25, -0.2) is 0 Å². The molecule has 0 bridgehead atoms. The van der Waals surface area contributed by atoms with Crippen LogP contribution in [0.2, 0.25) is 0 Å². The van der Waals surface area contributed by atoms with Gasteiger partial charge < -0.3 is 34.3 Å². The molecule has 0 aromatic heterocycles. The molecule has 1 rings (SSSR count). The molecule has 0 aromatic rings. The summed E-state index contributed by atoms with van der Waals surface area (Å²) >= 11 is 0. The predicted molar refractivity (Wildman–Crippen MR) is 252 cm³/mol. The van der Waals surface area contributed by atoms with Gasteiger partial charge in [0, 0.05) is 12.8 Å². The lowest BCUT2D eigenvalue weighted by Crippen LogP contribution is -2.60. The molecular formula is C50H94O12S. The third-order valence-corrected chi connectivity index (χ3v) is 12.8. The van der Waals surface area contributed by atoms with E-state index in [1.165, 1.54) is 161 Å². The number of ether oxygens (including phenoxy) is 4. The van der Waals surface area contributed by atoms with E-state index in [1.807, 2.05) is 0 Å². The minimum atomic E-state index is -4.60. The van der Waals surface area contributed by atoms with Crippen LogP contribution in [0.15, 0.2) is 12.2 Å². The van der Waals surface area contributed by atoms with E-state index < -0.39 is 71.2 Å². The lowest BCUT2D eigenvalue weighted by atomic mass is 10.00. The topological polar surface area (TPSA) is 186 Å². The summed E-state index contributed by atoms with van der Waals surface area (Å²) in [6.07, 6.45) is 35.3. The first-order valence-electron chi connectivity index (χ1n) is 25.7. The molecule has 1 aliphatic heterocycles. The number of unbranched alkanes of at least 4 members (excludes halogenated alkanes) is 30. The Morgan fingerprint density at radius 2 is 0.905 bits per heavy atom. The van der Waals surface area contributed by atoms with E-state index in [0.29, 0.717) is 12.8 Å². The van der Waals surface area contributed by atoms with Crippen molar-refractivity contribution in [3.63, 3.8) is 0 Å². The number of esters is 2. The Hall–Kier alpha value is -1.61. The number of carbonyl (C=O) groups is 2. The minimum Gasteiger partial charge on any atom is -0.462 e. The summed E-state index contributed by atoms with van der Waals surface area (Å²) in [7, 11) is -4.60. The molecule has 0 spiro atoms. The molecular weight excluding hydrogens is 825 g/mol. The van der Waals surface area contributed by atoms with Crippen molar-refractivity contribution in [1.29, 1.82) is 0 Å². The summed E-state index contributed by atoms with van der Waals surface area (Å²) in [6, 6.07) is 0. The average molecular weight is 919 g/mol. The summed E-state index contributed by atoms with van der Waals surface area (Å²) in [4.78, 5) is 25.5. The van der Waals surface area contributed by atoms with E-state index in [9.17, 15) is 37.9 Å². The molecule has 0 aliphatic carbocycles. The number of aliphatic hydroxyl groups is 3. The van der Waals surface area contributed by atoms with Crippen LogP contribution in [0.1, 0.15) is 239 Å². The fraction of sp³-hybridized carbons (Fsp3) is 0.920. The molecule has 63 heavy (non-hydrogen) atoms. The number of carbonyl (C=O) groups excluding carboxylic acids is 2. The van der Waals surface area contributed by atoms with E-state index in [1.54, 1.807) is 0 Å². The van der Waals surface area contributed by atoms with E-state index in [-0.39, 0.29) is 19.4 Å². The highest BCUT2D eigenvalue weighted by atomic mass is 32.2. The lowest BCUT2D eigenvalue weighted by molar-refractivity contribution is -0.297. The second-order valence-corrected chi connectivity index (χ2v) is 19.7. The van der Waals surface area contributed by atoms with Gasteiger partial charge in [0.25, 0.3) is 10.1 Å². The van der Waals surface area contributed by atoms with Crippen molar-refractivity contribution in [2.75, 3.05) is 19.0 Å². The largest absolute Gasteiger partial charge is 0.462 e. The molecule has 0 aromatic carbocycles. The lowest BCUT2D eigenvalue weighted by Gasteiger charge is -2.40. The minimum absolute atomic E-state index is 0.167. The zero-order chi connectivity index (χ0) is 46.2. The van der Waals surface area contributed by atoms with E-state index in [2.05, 4.69) is 26.0 Å². The summed E-state index contributed by atoms with van der Waals surface area (Å²) in [5, 5.41) is 31.0. The summed E-state index contributed by atoms with van der Waals surface area (Å²) in [5.41, 5.74) is 0.